The first-order valence-corrected chi connectivity index (χ1v) is 8.08. The zero-order chi connectivity index (χ0) is 15.5. The van der Waals surface area contributed by atoms with Gasteiger partial charge in [0.05, 0.1) is 6.42 Å². The maximum absolute atomic E-state index is 14.9. The maximum Gasteiger partial charge on any atom is 0.304 e. The molecule has 4 fully saturated rings. The smallest absolute Gasteiger partial charge is 0.304 e. The molecule has 22 heavy (non-hydrogen) atoms. The van der Waals surface area contributed by atoms with Crippen LogP contribution in [0, 0.1) is 23.6 Å². The van der Waals surface area contributed by atoms with E-state index in [-0.39, 0.29) is 24.1 Å². The first-order valence-electron chi connectivity index (χ1n) is 8.08. The molecule has 4 bridgehead atoms. The number of alkyl halides is 1. The fourth-order valence-electron chi connectivity index (χ4n) is 5.88. The minimum atomic E-state index is -1.10. The fourth-order valence-corrected chi connectivity index (χ4v) is 5.88. The highest BCUT2D eigenvalue weighted by molar-refractivity contribution is 5.69. The molecule has 5 rings (SSSR count). The van der Waals surface area contributed by atoms with Gasteiger partial charge in [-0.2, -0.15) is 0 Å². The van der Waals surface area contributed by atoms with Crippen molar-refractivity contribution in [1.29, 1.82) is 0 Å². The van der Waals surface area contributed by atoms with E-state index >= 15 is 0 Å². The van der Waals surface area contributed by atoms with Crippen LogP contribution in [0.1, 0.15) is 44.1 Å². The lowest BCUT2D eigenvalue weighted by atomic mass is 9.42. The Morgan fingerprint density at radius 1 is 1.14 bits per heavy atom. The summed E-state index contributed by atoms with van der Waals surface area (Å²) in [5.41, 5.74) is -0.737. The summed E-state index contributed by atoms with van der Waals surface area (Å²) in [4.78, 5) is 11.5. The number of carboxylic acid groups (broad SMARTS) is 1. The van der Waals surface area contributed by atoms with Crippen LogP contribution in [-0.2, 0) is 10.2 Å². The van der Waals surface area contributed by atoms with Gasteiger partial charge in [0.25, 0.3) is 0 Å². The summed E-state index contributed by atoms with van der Waals surface area (Å²) in [6.45, 7) is 0. The van der Waals surface area contributed by atoms with Crippen molar-refractivity contribution in [3.8, 4) is 0 Å². The molecule has 0 radical (unpaired) electrons. The standard InChI is InChI=1S/C18H20F2O2/c19-15-3-1-12(2-4-15)18(10-16(21)22)13-5-11-6-14(18)9-17(20,7-11)8-13/h1-4,11,13-14H,5-10H2,(H,21,22)/t11?,13?,14?,17-,18+. The highest BCUT2D eigenvalue weighted by atomic mass is 19.1. The van der Waals surface area contributed by atoms with E-state index in [1.807, 2.05) is 0 Å². The average molecular weight is 306 g/mol. The van der Waals surface area contributed by atoms with Gasteiger partial charge in [0.15, 0.2) is 0 Å². The van der Waals surface area contributed by atoms with Crippen LogP contribution in [0.4, 0.5) is 8.78 Å². The highest BCUT2D eigenvalue weighted by Gasteiger charge is 2.63. The van der Waals surface area contributed by atoms with Crippen molar-refractivity contribution < 1.29 is 18.7 Å². The number of rotatable bonds is 3. The summed E-state index contributed by atoms with van der Waals surface area (Å²) in [7, 11) is 0. The monoisotopic (exact) mass is 306 g/mol. The van der Waals surface area contributed by atoms with Crippen molar-refractivity contribution in [3.63, 3.8) is 0 Å². The Morgan fingerprint density at radius 2 is 1.73 bits per heavy atom. The molecule has 0 aromatic heterocycles. The van der Waals surface area contributed by atoms with Gasteiger partial charge in [-0.1, -0.05) is 12.1 Å². The lowest BCUT2D eigenvalue weighted by Crippen LogP contribution is -2.61. The third-order valence-electron chi connectivity index (χ3n) is 6.40. The Balaban J connectivity index is 1.82. The highest BCUT2D eigenvalue weighted by Crippen LogP contribution is 2.66. The van der Waals surface area contributed by atoms with E-state index in [1.165, 1.54) is 12.1 Å². The molecule has 4 aliphatic carbocycles. The second-order valence-electron chi connectivity index (χ2n) is 7.61. The van der Waals surface area contributed by atoms with Crippen molar-refractivity contribution in [3.05, 3.63) is 35.6 Å². The van der Waals surface area contributed by atoms with Crippen LogP contribution in [0.25, 0.3) is 0 Å². The van der Waals surface area contributed by atoms with E-state index in [4.69, 9.17) is 0 Å². The van der Waals surface area contributed by atoms with Crippen molar-refractivity contribution in [2.45, 2.75) is 49.6 Å². The van der Waals surface area contributed by atoms with Crippen molar-refractivity contribution in [2.75, 3.05) is 0 Å². The van der Waals surface area contributed by atoms with E-state index in [1.54, 1.807) is 12.1 Å². The molecular formula is C18H20F2O2. The average Bonchev–Trinajstić information content (AvgIpc) is 2.42. The van der Waals surface area contributed by atoms with Gasteiger partial charge in [0.2, 0.25) is 0 Å². The van der Waals surface area contributed by atoms with Crippen LogP contribution in [0.3, 0.4) is 0 Å². The van der Waals surface area contributed by atoms with Crippen molar-refractivity contribution >= 4 is 5.97 Å². The minimum absolute atomic E-state index is 0.0246. The number of benzene rings is 1. The Labute approximate surface area is 128 Å². The second kappa shape index (κ2) is 4.53. The van der Waals surface area contributed by atoms with Crippen molar-refractivity contribution in [2.24, 2.45) is 17.8 Å². The molecule has 1 aromatic carbocycles. The van der Waals surface area contributed by atoms with Gasteiger partial charge in [-0.3, -0.25) is 4.79 Å². The van der Waals surface area contributed by atoms with Crippen molar-refractivity contribution in [1.82, 2.24) is 0 Å². The molecule has 1 aromatic rings. The summed E-state index contributed by atoms with van der Waals surface area (Å²) in [6, 6.07) is 6.22. The Bertz CT molecular complexity index is 594. The first-order chi connectivity index (χ1) is 10.4. The lowest BCUT2D eigenvalue weighted by Gasteiger charge is -2.63. The largest absolute Gasteiger partial charge is 0.481 e. The molecule has 0 heterocycles. The van der Waals surface area contributed by atoms with E-state index in [2.05, 4.69) is 0 Å². The van der Waals surface area contributed by atoms with Crippen LogP contribution in [0.5, 0.6) is 0 Å². The molecule has 2 atom stereocenters. The fraction of sp³-hybridized carbons (Fsp3) is 0.611. The Morgan fingerprint density at radius 3 is 2.23 bits per heavy atom. The molecule has 4 saturated carbocycles. The lowest BCUT2D eigenvalue weighted by molar-refractivity contribution is -0.154. The number of hydrogen-bond donors (Lipinski definition) is 1. The van der Waals surface area contributed by atoms with Gasteiger partial charge in [-0.15, -0.1) is 0 Å². The van der Waals surface area contributed by atoms with E-state index in [9.17, 15) is 18.7 Å². The Hall–Kier alpha value is -1.45. The molecule has 0 spiro atoms. The van der Waals surface area contributed by atoms with Gasteiger partial charge >= 0.3 is 5.97 Å². The predicted octanol–water partition coefficient (Wildman–Crippen LogP) is 4.09. The van der Waals surface area contributed by atoms with Gasteiger partial charge in [0.1, 0.15) is 11.5 Å². The molecule has 1 N–H and O–H groups in total. The normalized spacial score (nSPS) is 42.5. The SMILES string of the molecule is O=C(O)C[C@]1(c2ccc(F)cc2)C2CC3CC1C[C@@](F)(C3)C2. The zero-order valence-corrected chi connectivity index (χ0v) is 12.4. The summed E-state index contributed by atoms with van der Waals surface area (Å²) >= 11 is 0. The summed E-state index contributed by atoms with van der Waals surface area (Å²) in [5, 5.41) is 9.48. The molecule has 0 saturated heterocycles. The van der Waals surface area contributed by atoms with Crippen LogP contribution in [-0.4, -0.2) is 16.7 Å². The molecule has 2 nitrogen and oxygen atoms in total. The summed E-state index contributed by atoms with van der Waals surface area (Å²) in [5.74, 6) is -0.648. The van der Waals surface area contributed by atoms with Crippen LogP contribution in [0.15, 0.2) is 24.3 Å². The molecule has 0 aliphatic heterocycles. The van der Waals surface area contributed by atoms with E-state index < -0.39 is 17.1 Å². The molecule has 2 unspecified atom stereocenters. The van der Waals surface area contributed by atoms with Gasteiger partial charge in [-0.05, 0) is 67.6 Å². The number of aliphatic carboxylic acids is 1. The number of carbonyl (C=O) groups is 1. The zero-order valence-electron chi connectivity index (χ0n) is 12.4. The quantitative estimate of drug-likeness (QED) is 0.913. The first kappa shape index (κ1) is 14.2. The van der Waals surface area contributed by atoms with E-state index in [0.717, 1.165) is 18.4 Å². The van der Waals surface area contributed by atoms with Crippen LogP contribution >= 0.6 is 0 Å². The van der Waals surface area contributed by atoms with Gasteiger partial charge in [-0.25, -0.2) is 8.78 Å². The third kappa shape index (κ3) is 1.92. The third-order valence-corrected chi connectivity index (χ3v) is 6.40. The van der Waals surface area contributed by atoms with Gasteiger partial charge < -0.3 is 5.11 Å². The van der Waals surface area contributed by atoms with Gasteiger partial charge in [0, 0.05) is 5.41 Å². The van der Waals surface area contributed by atoms with Crippen LogP contribution < -0.4 is 0 Å². The maximum atomic E-state index is 14.9. The number of halogens is 2. The summed E-state index contributed by atoms with van der Waals surface area (Å²) < 4.78 is 28.2. The predicted molar refractivity (Wildman–Crippen MR) is 77.7 cm³/mol. The number of hydrogen-bond acceptors (Lipinski definition) is 1. The number of carboxylic acids is 1. The molecule has 4 aliphatic rings. The molecule has 4 heteroatoms. The molecule has 0 amide bonds. The summed E-state index contributed by atoms with van der Waals surface area (Å²) in [6.07, 6.45) is 3.41. The second-order valence-corrected chi connectivity index (χ2v) is 7.61. The molecular weight excluding hydrogens is 286 g/mol. The van der Waals surface area contributed by atoms with Crippen LogP contribution in [0.2, 0.25) is 0 Å². The molecule has 118 valence electrons. The Kier molecular flexibility index (Phi) is 2.91. The topological polar surface area (TPSA) is 37.3 Å². The minimum Gasteiger partial charge on any atom is -0.481 e. The van der Waals surface area contributed by atoms with E-state index in [0.29, 0.717) is 25.2 Å².